The molecule has 1 unspecified atom stereocenters. The molecule has 1 amide bonds. The fourth-order valence-corrected chi connectivity index (χ4v) is 3.55. The van der Waals surface area contributed by atoms with Gasteiger partial charge < -0.3 is 10.2 Å². The van der Waals surface area contributed by atoms with E-state index in [0.717, 1.165) is 22.5 Å². The molecular weight excluding hydrogens is 383 g/mol. The molecule has 0 spiro atoms. The number of aryl methyl sites for hydroxylation is 2. The van der Waals surface area contributed by atoms with Gasteiger partial charge in [-0.1, -0.05) is 47.1 Å². The van der Waals surface area contributed by atoms with Crippen LogP contribution in [0.4, 0.5) is 10.1 Å². The van der Waals surface area contributed by atoms with Gasteiger partial charge in [0.2, 0.25) is 6.10 Å². The molecule has 0 fully saturated rings. The van der Waals surface area contributed by atoms with E-state index in [4.69, 9.17) is 4.84 Å². The number of benzene rings is 2. The first-order chi connectivity index (χ1) is 14.4. The molecule has 2 aromatic carbocycles. The molecule has 30 heavy (non-hydrogen) atoms. The number of rotatable bonds is 5. The Hall–Kier alpha value is -3.48. The van der Waals surface area contributed by atoms with E-state index in [0.29, 0.717) is 24.4 Å². The van der Waals surface area contributed by atoms with Crippen molar-refractivity contribution in [2.45, 2.75) is 39.8 Å². The second-order valence-corrected chi connectivity index (χ2v) is 7.52. The predicted molar refractivity (Wildman–Crippen MR) is 113 cm³/mol. The normalized spacial score (nSPS) is 15.6. The van der Waals surface area contributed by atoms with Crippen LogP contribution in [-0.4, -0.2) is 27.5 Å². The molecule has 1 atom stereocenters. The monoisotopic (exact) mass is 406 g/mol. The Morgan fingerprint density at radius 3 is 2.70 bits per heavy atom. The number of carbonyl (C=O) groups excluding carboxylic acids is 1. The van der Waals surface area contributed by atoms with E-state index >= 15 is 0 Å². The maximum absolute atomic E-state index is 13.1. The summed E-state index contributed by atoms with van der Waals surface area (Å²) in [6.07, 6.45) is -0.406. The smallest absolute Gasteiger partial charge is 0.268 e. The molecule has 0 bridgehead atoms. The van der Waals surface area contributed by atoms with Gasteiger partial charge >= 0.3 is 0 Å². The summed E-state index contributed by atoms with van der Waals surface area (Å²) in [5, 5.41) is 11.5. The quantitative estimate of drug-likeness (QED) is 0.693. The van der Waals surface area contributed by atoms with Gasteiger partial charge in [-0.15, -0.1) is 0 Å². The van der Waals surface area contributed by atoms with Gasteiger partial charge in [-0.25, -0.2) is 4.39 Å². The third-order valence-corrected chi connectivity index (χ3v) is 5.18. The Morgan fingerprint density at radius 2 is 1.97 bits per heavy atom. The SMILES string of the molecule is Cc1cccc(Cn2nc(C)c(NC(=O)C3CC(c4ccc(F)cc4)=NO3)c2C)c1. The minimum absolute atomic E-state index is 0.280. The average molecular weight is 406 g/mol. The molecule has 0 radical (unpaired) electrons. The van der Waals surface area contributed by atoms with Crippen LogP contribution in [0.3, 0.4) is 0 Å². The van der Waals surface area contributed by atoms with Crippen LogP contribution < -0.4 is 5.32 Å². The first-order valence-electron chi connectivity index (χ1n) is 9.80. The molecule has 4 rings (SSSR count). The molecule has 1 aliphatic heterocycles. The summed E-state index contributed by atoms with van der Waals surface area (Å²) in [5.74, 6) is -0.599. The first-order valence-corrected chi connectivity index (χ1v) is 9.80. The topological polar surface area (TPSA) is 68.5 Å². The fourth-order valence-electron chi connectivity index (χ4n) is 3.55. The average Bonchev–Trinajstić information content (AvgIpc) is 3.30. The summed E-state index contributed by atoms with van der Waals surface area (Å²) in [5.41, 5.74) is 6.01. The lowest BCUT2D eigenvalue weighted by Crippen LogP contribution is -2.28. The minimum Gasteiger partial charge on any atom is -0.382 e. The largest absolute Gasteiger partial charge is 0.382 e. The standard InChI is InChI=1S/C23H23FN4O2/c1-14-5-4-6-17(11-14)13-28-16(3)22(15(2)26-28)25-23(29)21-12-20(27-30-21)18-7-9-19(24)10-8-18/h4-11,21H,12-13H2,1-3H3,(H,25,29). The van der Waals surface area contributed by atoms with Gasteiger partial charge in [-0.3, -0.25) is 9.48 Å². The zero-order valence-electron chi connectivity index (χ0n) is 17.1. The highest BCUT2D eigenvalue weighted by atomic mass is 19.1. The Labute approximate surface area is 174 Å². The van der Waals surface area contributed by atoms with Crippen LogP contribution in [0.2, 0.25) is 0 Å². The number of oxime groups is 1. The second kappa shape index (κ2) is 8.10. The number of nitrogens with zero attached hydrogens (tertiary/aromatic N) is 3. The van der Waals surface area contributed by atoms with Crippen molar-refractivity contribution < 1.29 is 14.0 Å². The van der Waals surface area contributed by atoms with Gasteiger partial charge in [0.25, 0.3) is 5.91 Å². The molecule has 7 heteroatoms. The lowest BCUT2D eigenvalue weighted by molar-refractivity contribution is -0.125. The maximum Gasteiger partial charge on any atom is 0.268 e. The van der Waals surface area contributed by atoms with Crippen LogP contribution in [0.1, 0.15) is 34.5 Å². The van der Waals surface area contributed by atoms with Crippen molar-refractivity contribution in [1.82, 2.24) is 9.78 Å². The first kappa shape index (κ1) is 19.8. The summed E-state index contributed by atoms with van der Waals surface area (Å²) >= 11 is 0. The number of halogens is 1. The molecule has 0 aliphatic carbocycles. The molecule has 1 aromatic heterocycles. The third kappa shape index (κ3) is 4.10. The summed E-state index contributed by atoms with van der Waals surface area (Å²) in [4.78, 5) is 18.1. The van der Waals surface area contributed by atoms with Crippen molar-refractivity contribution in [3.8, 4) is 0 Å². The van der Waals surface area contributed by atoms with E-state index < -0.39 is 6.10 Å². The molecule has 1 N–H and O–H groups in total. The Bertz CT molecular complexity index is 1120. The van der Waals surface area contributed by atoms with E-state index in [-0.39, 0.29) is 11.7 Å². The lowest BCUT2D eigenvalue weighted by Gasteiger charge is -2.10. The number of hydrogen-bond acceptors (Lipinski definition) is 4. The highest BCUT2D eigenvalue weighted by molar-refractivity contribution is 6.06. The van der Waals surface area contributed by atoms with E-state index in [9.17, 15) is 9.18 Å². The number of nitrogens with one attached hydrogen (secondary N) is 1. The summed E-state index contributed by atoms with van der Waals surface area (Å²) < 4.78 is 15.0. The molecule has 2 heterocycles. The van der Waals surface area contributed by atoms with Gasteiger partial charge in [0, 0.05) is 6.42 Å². The zero-order valence-corrected chi connectivity index (χ0v) is 17.1. The van der Waals surface area contributed by atoms with Gasteiger partial charge in [0.15, 0.2) is 0 Å². The molecule has 154 valence electrons. The van der Waals surface area contributed by atoms with Crippen LogP contribution in [0.15, 0.2) is 53.7 Å². The van der Waals surface area contributed by atoms with Crippen LogP contribution in [0, 0.1) is 26.6 Å². The molecule has 6 nitrogen and oxygen atoms in total. The molecule has 0 saturated heterocycles. The molecule has 1 aliphatic rings. The second-order valence-electron chi connectivity index (χ2n) is 7.52. The van der Waals surface area contributed by atoms with E-state index in [1.165, 1.54) is 17.7 Å². The summed E-state index contributed by atoms with van der Waals surface area (Å²) in [6, 6.07) is 14.2. The van der Waals surface area contributed by atoms with Crippen molar-refractivity contribution >= 4 is 17.3 Å². The Kier molecular flexibility index (Phi) is 5.35. The molecule has 3 aromatic rings. The van der Waals surface area contributed by atoms with Gasteiger partial charge in [0.05, 0.1) is 29.3 Å². The number of anilines is 1. The van der Waals surface area contributed by atoms with Crippen molar-refractivity contribution in [3.63, 3.8) is 0 Å². The maximum atomic E-state index is 13.1. The van der Waals surface area contributed by atoms with E-state index in [1.807, 2.05) is 24.6 Å². The van der Waals surface area contributed by atoms with Crippen LogP contribution in [0.5, 0.6) is 0 Å². The third-order valence-electron chi connectivity index (χ3n) is 5.18. The highest BCUT2D eigenvalue weighted by Crippen LogP contribution is 2.23. The zero-order chi connectivity index (χ0) is 21.3. The van der Waals surface area contributed by atoms with Crippen molar-refractivity contribution in [1.29, 1.82) is 0 Å². The molecular formula is C23H23FN4O2. The number of carbonyl (C=O) groups is 1. The van der Waals surface area contributed by atoms with Crippen LogP contribution in [-0.2, 0) is 16.2 Å². The number of hydrogen-bond donors (Lipinski definition) is 1. The van der Waals surface area contributed by atoms with Gasteiger partial charge in [-0.2, -0.15) is 5.10 Å². The van der Waals surface area contributed by atoms with E-state index in [2.05, 4.69) is 40.7 Å². The predicted octanol–water partition coefficient (Wildman–Crippen LogP) is 4.13. The Balaban J connectivity index is 1.44. The summed E-state index contributed by atoms with van der Waals surface area (Å²) in [6.45, 7) is 6.48. The van der Waals surface area contributed by atoms with Gasteiger partial charge in [0.1, 0.15) is 5.82 Å². The Morgan fingerprint density at radius 1 is 1.20 bits per heavy atom. The number of aromatic nitrogens is 2. The lowest BCUT2D eigenvalue weighted by atomic mass is 10.0. The van der Waals surface area contributed by atoms with Crippen LogP contribution in [0.25, 0.3) is 0 Å². The number of amides is 1. The van der Waals surface area contributed by atoms with E-state index in [1.54, 1.807) is 12.1 Å². The highest BCUT2D eigenvalue weighted by Gasteiger charge is 2.30. The van der Waals surface area contributed by atoms with Crippen molar-refractivity contribution in [2.24, 2.45) is 5.16 Å². The molecule has 0 saturated carbocycles. The van der Waals surface area contributed by atoms with Crippen molar-refractivity contribution in [3.05, 3.63) is 82.4 Å². The summed E-state index contributed by atoms with van der Waals surface area (Å²) in [7, 11) is 0. The van der Waals surface area contributed by atoms with Crippen molar-refractivity contribution in [2.75, 3.05) is 5.32 Å². The van der Waals surface area contributed by atoms with Crippen LogP contribution >= 0.6 is 0 Å². The fraction of sp³-hybridized carbons (Fsp3) is 0.261. The minimum atomic E-state index is -0.732. The van der Waals surface area contributed by atoms with Gasteiger partial charge in [-0.05, 0) is 44.0 Å².